The van der Waals surface area contributed by atoms with Gasteiger partial charge in [0, 0.05) is 20.0 Å². The fraction of sp³-hybridized carbons (Fsp3) is 0.462. The third-order valence-electron chi connectivity index (χ3n) is 2.44. The maximum absolute atomic E-state index is 11.6. The molecule has 0 bridgehead atoms. The van der Waals surface area contributed by atoms with Crippen LogP contribution in [0, 0.1) is 6.92 Å². The molecule has 1 aromatic carbocycles. The smallest absolute Gasteiger partial charge is 0.139 e. The quantitative estimate of drug-likeness (QED) is 0.740. The van der Waals surface area contributed by atoms with E-state index in [1.165, 1.54) is 5.56 Å². The highest BCUT2D eigenvalue weighted by Crippen LogP contribution is 2.07. The molecule has 0 aliphatic carbocycles. The average molecular weight is 206 g/mol. The van der Waals surface area contributed by atoms with Crippen LogP contribution in [0.3, 0.4) is 0 Å². The zero-order valence-electron chi connectivity index (χ0n) is 9.62. The van der Waals surface area contributed by atoms with Crippen LogP contribution in [0.2, 0.25) is 0 Å². The van der Waals surface area contributed by atoms with Crippen molar-refractivity contribution >= 4 is 5.78 Å². The van der Waals surface area contributed by atoms with Crippen LogP contribution in [-0.2, 0) is 16.0 Å². The number of hydrogen-bond donors (Lipinski definition) is 0. The Bertz CT molecular complexity index is 314. The summed E-state index contributed by atoms with van der Waals surface area (Å²) in [5.74, 6) is 0.230. The molecule has 0 N–H and O–H groups in total. The van der Waals surface area contributed by atoms with E-state index < -0.39 is 0 Å². The van der Waals surface area contributed by atoms with E-state index >= 15 is 0 Å². The van der Waals surface area contributed by atoms with E-state index in [1.807, 2.05) is 38.1 Å². The molecule has 0 saturated heterocycles. The number of methoxy groups -OCH3 is 1. The summed E-state index contributed by atoms with van der Waals surface area (Å²) < 4.78 is 5.06. The maximum atomic E-state index is 11.6. The number of carbonyl (C=O) groups is 1. The number of Topliss-reactive ketones (excluding diaryl/α,β-unsaturated/α-hetero) is 1. The Morgan fingerprint density at radius 3 is 2.47 bits per heavy atom. The molecule has 0 aromatic heterocycles. The van der Waals surface area contributed by atoms with E-state index in [-0.39, 0.29) is 11.9 Å². The Morgan fingerprint density at radius 2 is 1.93 bits per heavy atom. The largest absolute Gasteiger partial charge is 0.381 e. The molecular weight excluding hydrogens is 188 g/mol. The third-order valence-corrected chi connectivity index (χ3v) is 2.44. The second-order valence-electron chi connectivity index (χ2n) is 3.95. The van der Waals surface area contributed by atoms with Gasteiger partial charge in [-0.1, -0.05) is 29.8 Å². The van der Waals surface area contributed by atoms with E-state index in [2.05, 4.69) is 0 Å². The normalized spacial score (nSPS) is 12.5. The molecule has 0 heterocycles. The molecule has 82 valence electrons. The predicted octanol–water partition coefficient (Wildman–Crippen LogP) is 2.53. The van der Waals surface area contributed by atoms with Crippen molar-refractivity contribution in [3.8, 4) is 0 Å². The number of aryl methyl sites for hydroxylation is 1. The van der Waals surface area contributed by atoms with Gasteiger partial charge in [-0.15, -0.1) is 0 Å². The molecule has 2 nitrogen and oxygen atoms in total. The lowest BCUT2D eigenvalue weighted by Gasteiger charge is -2.08. The minimum absolute atomic E-state index is 0.0166. The van der Waals surface area contributed by atoms with Crippen molar-refractivity contribution in [2.24, 2.45) is 0 Å². The minimum Gasteiger partial charge on any atom is -0.381 e. The Kier molecular flexibility index (Phi) is 4.50. The van der Waals surface area contributed by atoms with Gasteiger partial charge in [0.05, 0.1) is 6.10 Å². The molecule has 0 fully saturated rings. The average Bonchev–Trinajstić information content (AvgIpc) is 2.21. The first-order chi connectivity index (χ1) is 7.11. The van der Waals surface area contributed by atoms with Crippen LogP contribution in [0.5, 0.6) is 0 Å². The van der Waals surface area contributed by atoms with E-state index in [9.17, 15) is 4.79 Å². The van der Waals surface area contributed by atoms with Crippen LogP contribution in [0.15, 0.2) is 24.3 Å². The molecule has 1 atom stereocenters. The molecule has 0 spiro atoms. The van der Waals surface area contributed by atoms with E-state index in [0.29, 0.717) is 12.8 Å². The van der Waals surface area contributed by atoms with E-state index in [0.717, 1.165) is 5.56 Å². The van der Waals surface area contributed by atoms with Gasteiger partial charge in [0.15, 0.2) is 0 Å². The molecule has 1 unspecified atom stereocenters. The molecular formula is C13H18O2. The summed E-state index contributed by atoms with van der Waals surface area (Å²) in [6.07, 6.45) is 1.01. The van der Waals surface area contributed by atoms with Crippen LogP contribution >= 0.6 is 0 Å². The van der Waals surface area contributed by atoms with Crippen molar-refractivity contribution in [1.82, 2.24) is 0 Å². The van der Waals surface area contributed by atoms with Gasteiger partial charge < -0.3 is 4.74 Å². The van der Waals surface area contributed by atoms with Gasteiger partial charge in [-0.25, -0.2) is 0 Å². The van der Waals surface area contributed by atoms with Gasteiger partial charge in [-0.05, 0) is 19.4 Å². The van der Waals surface area contributed by atoms with Crippen molar-refractivity contribution in [2.45, 2.75) is 32.8 Å². The van der Waals surface area contributed by atoms with Crippen LogP contribution in [0.25, 0.3) is 0 Å². The van der Waals surface area contributed by atoms with Gasteiger partial charge in [0.1, 0.15) is 5.78 Å². The molecule has 0 saturated carbocycles. The maximum Gasteiger partial charge on any atom is 0.139 e. The Hall–Kier alpha value is -1.15. The predicted molar refractivity (Wildman–Crippen MR) is 61.0 cm³/mol. The highest BCUT2D eigenvalue weighted by molar-refractivity contribution is 5.81. The lowest BCUT2D eigenvalue weighted by Crippen LogP contribution is -2.13. The summed E-state index contributed by atoms with van der Waals surface area (Å²) in [5, 5.41) is 0. The number of hydrogen-bond acceptors (Lipinski definition) is 2. The number of rotatable bonds is 5. The zero-order chi connectivity index (χ0) is 11.3. The van der Waals surface area contributed by atoms with E-state index in [4.69, 9.17) is 4.74 Å². The summed E-state index contributed by atoms with van der Waals surface area (Å²) in [4.78, 5) is 11.6. The monoisotopic (exact) mass is 206 g/mol. The SMILES string of the molecule is COC(C)CC(=O)Cc1ccc(C)cc1. The molecule has 0 amide bonds. The molecule has 0 aliphatic heterocycles. The second kappa shape index (κ2) is 5.66. The topological polar surface area (TPSA) is 26.3 Å². The highest BCUT2D eigenvalue weighted by Gasteiger charge is 2.08. The van der Waals surface area contributed by atoms with Crippen LogP contribution in [-0.4, -0.2) is 19.0 Å². The van der Waals surface area contributed by atoms with Crippen LogP contribution in [0.4, 0.5) is 0 Å². The minimum atomic E-state index is 0.0166. The summed E-state index contributed by atoms with van der Waals surface area (Å²) in [7, 11) is 1.63. The zero-order valence-corrected chi connectivity index (χ0v) is 9.62. The Morgan fingerprint density at radius 1 is 1.33 bits per heavy atom. The molecule has 2 heteroatoms. The van der Waals surface area contributed by atoms with Crippen molar-refractivity contribution in [1.29, 1.82) is 0 Å². The number of carbonyl (C=O) groups excluding carboxylic acids is 1. The number of ketones is 1. The Labute approximate surface area is 91.3 Å². The summed E-state index contributed by atoms with van der Waals surface area (Å²) in [6.45, 7) is 3.95. The highest BCUT2D eigenvalue weighted by atomic mass is 16.5. The third kappa shape index (κ3) is 4.26. The van der Waals surface area contributed by atoms with Gasteiger partial charge >= 0.3 is 0 Å². The van der Waals surface area contributed by atoms with Crippen LogP contribution in [0.1, 0.15) is 24.5 Å². The summed E-state index contributed by atoms with van der Waals surface area (Å²) in [6, 6.07) is 8.07. The number of ether oxygens (including phenoxy) is 1. The fourth-order valence-electron chi connectivity index (χ4n) is 1.41. The van der Waals surface area contributed by atoms with Crippen molar-refractivity contribution in [3.05, 3.63) is 35.4 Å². The first-order valence-electron chi connectivity index (χ1n) is 5.22. The van der Waals surface area contributed by atoms with Gasteiger partial charge in [-0.3, -0.25) is 4.79 Å². The second-order valence-corrected chi connectivity index (χ2v) is 3.95. The number of benzene rings is 1. The first-order valence-corrected chi connectivity index (χ1v) is 5.22. The van der Waals surface area contributed by atoms with Crippen molar-refractivity contribution < 1.29 is 9.53 Å². The van der Waals surface area contributed by atoms with Crippen LogP contribution < -0.4 is 0 Å². The Balaban J connectivity index is 2.48. The molecule has 1 aromatic rings. The first kappa shape index (κ1) is 11.9. The molecule has 15 heavy (non-hydrogen) atoms. The lowest BCUT2D eigenvalue weighted by atomic mass is 10.0. The fourth-order valence-corrected chi connectivity index (χ4v) is 1.41. The standard InChI is InChI=1S/C13H18O2/c1-10-4-6-12(7-5-10)9-13(14)8-11(2)15-3/h4-7,11H,8-9H2,1-3H3. The van der Waals surface area contributed by atoms with Crippen molar-refractivity contribution in [3.63, 3.8) is 0 Å². The molecule has 0 aliphatic rings. The summed E-state index contributed by atoms with van der Waals surface area (Å²) >= 11 is 0. The van der Waals surface area contributed by atoms with Crippen molar-refractivity contribution in [2.75, 3.05) is 7.11 Å². The molecule has 0 radical (unpaired) electrons. The summed E-state index contributed by atoms with van der Waals surface area (Å²) in [5.41, 5.74) is 2.30. The van der Waals surface area contributed by atoms with Gasteiger partial charge in [-0.2, -0.15) is 0 Å². The van der Waals surface area contributed by atoms with E-state index in [1.54, 1.807) is 7.11 Å². The van der Waals surface area contributed by atoms with Gasteiger partial charge in [0.25, 0.3) is 0 Å². The lowest BCUT2D eigenvalue weighted by molar-refractivity contribution is -0.120. The molecule has 1 rings (SSSR count). The van der Waals surface area contributed by atoms with Gasteiger partial charge in [0.2, 0.25) is 0 Å².